The minimum Gasteiger partial charge on any atom is -0.342 e. The molecule has 1 aromatic rings. The van der Waals surface area contributed by atoms with Crippen LogP contribution in [-0.4, -0.2) is 29.8 Å². The van der Waals surface area contributed by atoms with Crippen LogP contribution >= 0.6 is 0 Å². The van der Waals surface area contributed by atoms with E-state index in [1.165, 1.54) is 6.42 Å². The van der Waals surface area contributed by atoms with Gasteiger partial charge in [0.15, 0.2) is 0 Å². The van der Waals surface area contributed by atoms with Gasteiger partial charge in [0.25, 0.3) is 0 Å². The molecule has 2 aliphatic rings. The van der Waals surface area contributed by atoms with Crippen molar-refractivity contribution in [3.05, 3.63) is 29.8 Å². The Balaban J connectivity index is 1.56. The van der Waals surface area contributed by atoms with Gasteiger partial charge in [0.2, 0.25) is 11.8 Å². The number of nitrogens with one attached hydrogen (secondary N) is 1. The lowest BCUT2D eigenvalue weighted by atomic mass is 10.1. The van der Waals surface area contributed by atoms with Gasteiger partial charge in [-0.1, -0.05) is 6.07 Å². The van der Waals surface area contributed by atoms with Crippen LogP contribution in [0.25, 0.3) is 0 Å². The van der Waals surface area contributed by atoms with Gasteiger partial charge in [-0.2, -0.15) is 5.26 Å². The number of amides is 2. The first kappa shape index (κ1) is 14.6. The van der Waals surface area contributed by atoms with E-state index < -0.39 is 0 Å². The fraction of sp³-hybridized carbons (Fsp3) is 0.471. The minimum atomic E-state index is -0.222. The monoisotopic (exact) mass is 297 g/mol. The summed E-state index contributed by atoms with van der Waals surface area (Å²) < 4.78 is 0. The number of rotatable bonds is 3. The molecule has 1 N–H and O–H groups in total. The summed E-state index contributed by atoms with van der Waals surface area (Å²) in [6.45, 7) is 1.65. The fourth-order valence-electron chi connectivity index (χ4n) is 3.01. The van der Waals surface area contributed by atoms with Gasteiger partial charge in [0.1, 0.15) is 0 Å². The lowest BCUT2D eigenvalue weighted by molar-refractivity contribution is -0.134. The number of carbonyl (C=O) groups excluding carboxylic acids is 2. The van der Waals surface area contributed by atoms with Crippen LogP contribution in [0.4, 0.5) is 5.69 Å². The minimum absolute atomic E-state index is 0.120. The maximum absolute atomic E-state index is 12.3. The third kappa shape index (κ3) is 3.11. The van der Waals surface area contributed by atoms with Gasteiger partial charge in [-0.05, 0) is 43.9 Å². The molecule has 22 heavy (non-hydrogen) atoms. The second kappa shape index (κ2) is 6.18. The van der Waals surface area contributed by atoms with Gasteiger partial charge >= 0.3 is 0 Å². The van der Waals surface area contributed by atoms with Crippen LogP contribution in [0.5, 0.6) is 0 Å². The lowest BCUT2D eigenvalue weighted by Crippen LogP contribution is -2.37. The first-order chi connectivity index (χ1) is 10.7. The summed E-state index contributed by atoms with van der Waals surface area (Å²) in [4.78, 5) is 26.4. The van der Waals surface area contributed by atoms with Crippen molar-refractivity contribution in [2.24, 2.45) is 11.8 Å². The summed E-state index contributed by atoms with van der Waals surface area (Å²) >= 11 is 0. The van der Waals surface area contributed by atoms with Crippen molar-refractivity contribution in [1.29, 1.82) is 5.26 Å². The molecule has 2 amide bonds. The summed E-state index contributed by atoms with van der Waals surface area (Å²) in [7, 11) is 0. The smallest absolute Gasteiger partial charge is 0.228 e. The first-order valence-corrected chi connectivity index (χ1v) is 7.79. The average Bonchev–Trinajstić information content (AvgIpc) is 3.36. The van der Waals surface area contributed by atoms with E-state index in [0.717, 1.165) is 25.9 Å². The highest BCUT2D eigenvalue weighted by Gasteiger charge is 2.49. The summed E-state index contributed by atoms with van der Waals surface area (Å²) in [5.41, 5.74) is 1.12. The van der Waals surface area contributed by atoms with Crippen LogP contribution in [0.3, 0.4) is 0 Å². The van der Waals surface area contributed by atoms with Crippen LogP contribution < -0.4 is 5.32 Å². The van der Waals surface area contributed by atoms with Crippen molar-refractivity contribution in [2.75, 3.05) is 18.4 Å². The molecule has 2 atom stereocenters. The Morgan fingerprint density at radius 3 is 2.68 bits per heavy atom. The number of likely N-dealkylation sites (tertiary alicyclic amines) is 1. The molecule has 1 saturated carbocycles. The van der Waals surface area contributed by atoms with Crippen molar-refractivity contribution in [3.8, 4) is 6.07 Å². The third-order valence-corrected chi connectivity index (χ3v) is 4.37. The molecule has 1 saturated heterocycles. The summed E-state index contributed by atoms with van der Waals surface area (Å²) in [6, 6.07) is 8.86. The Hall–Kier alpha value is -2.35. The van der Waals surface area contributed by atoms with E-state index in [0.29, 0.717) is 17.7 Å². The van der Waals surface area contributed by atoms with Crippen molar-refractivity contribution in [3.63, 3.8) is 0 Å². The highest BCUT2D eigenvalue weighted by molar-refractivity contribution is 5.99. The molecular formula is C17H19N3O2. The zero-order valence-electron chi connectivity index (χ0n) is 12.4. The van der Waals surface area contributed by atoms with Crippen molar-refractivity contribution in [1.82, 2.24) is 4.90 Å². The molecule has 3 rings (SSSR count). The molecule has 1 aliphatic heterocycles. The normalized spacial score (nSPS) is 23.5. The number of hydrogen-bond donors (Lipinski definition) is 1. The summed E-state index contributed by atoms with van der Waals surface area (Å²) in [5, 5.41) is 11.7. The van der Waals surface area contributed by atoms with E-state index in [1.807, 2.05) is 11.0 Å². The zero-order chi connectivity index (χ0) is 15.5. The Kier molecular flexibility index (Phi) is 4.10. The molecule has 1 heterocycles. The topological polar surface area (TPSA) is 73.2 Å². The Morgan fingerprint density at radius 1 is 1.18 bits per heavy atom. The third-order valence-electron chi connectivity index (χ3n) is 4.37. The number of nitrogens with zero attached hydrogens (tertiary/aromatic N) is 2. The van der Waals surface area contributed by atoms with E-state index in [9.17, 15) is 9.59 Å². The zero-order valence-corrected chi connectivity index (χ0v) is 12.4. The number of piperidine rings is 1. The molecule has 0 radical (unpaired) electrons. The second-order valence-electron chi connectivity index (χ2n) is 6.02. The largest absolute Gasteiger partial charge is 0.342 e. The molecule has 2 fully saturated rings. The van der Waals surface area contributed by atoms with Crippen LogP contribution in [0, 0.1) is 23.2 Å². The van der Waals surface area contributed by atoms with Crippen molar-refractivity contribution >= 4 is 17.5 Å². The quantitative estimate of drug-likeness (QED) is 0.929. The number of benzene rings is 1. The first-order valence-electron chi connectivity index (χ1n) is 7.79. The van der Waals surface area contributed by atoms with Crippen LogP contribution in [0.1, 0.15) is 31.2 Å². The number of nitriles is 1. The summed E-state index contributed by atoms with van der Waals surface area (Å²) in [6.07, 6.45) is 3.96. The van der Waals surface area contributed by atoms with Gasteiger partial charge in [-0.25, -0.2) is 0 Å². The maximum atomic E-state index is 12.3. The predicted molar refractivity (Wildman–Crippen MR) is 81.8 cm³/mol. The molecular weight excluding hydrogens is 278 g/mol. The number of carbonyl (C=O) groups is 2. The van der Waals surface area contributed by atoms with Crippen LogP contribution in [0.15, 0.2) is 24.3 Å². The number of hydrogen-bond acceptors (Lipinski definition) is 3. The average molecular weight is 297 g/mol. The molecule has 1 aromatic carbocycles. The summed E-state index contributed by atoms with van der Waals surface area (Å²) in [5.74, 6) is -0.367. The Bertz CT molecular complexity index is 629. The highest BCUT2D eigenvalue weighted by atomic mass is 16.2. The van der Waals surface area contributed by atoms with Crippen LogP contribution in [0.2, 0.25) is 0 Å². The van der Waals surface area contributed by atoms with Gasteiger partial charge in [-0.15, -0.1) is 0 Å². The van der Waals surface area contributed by atoms with Crippen molar-refractivity contribution in [2.45, 2.75) is 25.7 Å². The van der Waals surface area contributed by atoms with E-state index in [4.69, 9.17) is 5.26 Å². The van der Waals surface area contributed by atoms with E-state index in [-0.39, 0.29) is 23.7 Å². The van der Waals surface area contributed by atoms with Crippen LogP contribution in [-0.2, 0) is 9.59 Å². The predicted octanol–water partition coefficient (Wildman–Crippen LogP) is 2.15. The Labute approximate surface area is 129 Å². The maximum Gasteiger partial charge on any atom is 0.228 e. The molecule has 0 aromatic heterocycles. The van der Waals surface area contributed by atoms with Crippen molar-refractivity contribution < 1.29 is 9.59 Å². The number of anilines is 1. The molecule has 0 spiro atoms. The molecule has 2 unspecified atom stereocenters. The van der Waals surface area contributed by atoms with Gasteiger partial charge in [0.05, 0.1) is 23.5 Å². The SMILES string of the molecule is N#Cc1cccc(NC(=O)C2CC2C(=O)N2CCCCC2)c1. The second-order valence-corrected chi connectivity index (χ2v) is 6.02. The molecule has 0 bridgehead atoms. The lowest BCUT2D eigenvalue weighted by Gasteiger charge is -2.26. The van der Waals surface area contributed by atoms with E-state index in [2.05, 4.69) is 5.32 Å². The van der Waals surface area contributed by atoms with Gasteiger partial charge in [-0.3, -0.25) is 9.59 Å². The van der Waals surface area contributed by atoms with E-state index >= 15 is 0 Å². The van der Waals surface area contributed by atoms with E-state index in [1.54, 1.807) is 24.3 Å². The molecule has 114 valence electrons. The Morgan fingerprint density at radius 2 is 1.95 bits per heavy atom. The highest BCUT2D eigenvalue weighted by Crippen LogP contribution is 2.41. The van der Waals surface area contributed by atoms with Gasteiger partial charge in [0, 0.05) is 18.8 Å². The molecule has 5 nitrogen and oxygen atoms in total. The molecule has 5 heteroatoms. The van der Waals surface area contributed by atoms with Gasteiger partial charge < -0.3 is 10.2 Å². The fourth-order valence-corrected chi connectivity index (χ4v) is 3.01. The molecule has 1 aliphatic carbocycles. The standard InChI is InChI=1S/C17H19N3O2/c18-11-12-5-4-6-13(9-12)19-16(21)14-10-15(14)17(22)20-7-2-1-3-8-20/h4-6,9,14-15H,1-3,7-8,10H2,(H,19,21).